The standard InChI is InChI=1S/C4H6O6.Pt/c5-1(3(7)8)2(6)4(9)10;/h1-2,5-6H,(H,7,8)(H,9,10);/q;+2/p-2. The molecule has 11 heavy (non-hydrogen) atoms. The van der Waals surface area contributed by atoms with Crippen molar-refractivity contribution in [3.05, 3.63) is 0 Å². The number of aliphatic carboxylic acids is 2. The van der Waals surface area contributed by atoms with Crippen LogP contribution < -0.4 is 10.2 Å². The second-order valence-corrected chi connectivity index (χ2v) is 1.53. The van der Waals surface area contributed by atoms with Gasteiger partial charge in [0.05, 0.1) is 11.9 Å². The zero-order chi connectivity index (χ0) is 8.31. The number of carbonyl (C=O) groups is 2. The molecule has 2 N–H and O–H groups in total. The minimum Gasteiger partial charge on any atom is -0.547 e. The van der Waals surface area contributed by atoms with Crippen LogP contribution in [0.2, 0.25) is 0 Å². The molecule has 0 bridgehead atoms. The first kappa shape index (κ1) is 13.2. The summed E-state index contributed by atoms with van der Waals surface area (Å²) in [5.41, 5.74) is 0. The molecule has 0 radical (unpaired) electrons. The number of carboxylic acid groups (broad SMARTS) is 2. The molecule has 0 aliphatic rings. The SMILES string of the molecule is O=C([O-])C(O)C(O)C(=O)[O-].[Pt+2]. The van der Waals surface area contributed by atoms with Crippen molar-refractivity contribution >= 4 is 11.9 Å². The first-order chi connectivity index (χ1) is 4.46. The molecule has 0 aromatic carbocycles. The van der Waals surface area contributed by atoms with Crippen LogP contribution in [0, 0.1) is 0 Å². The molecule has 2 atom stereocenters. The van der Waals surface area contributed by atoms with Gasteiger partial charge < -0.3 is 30.0 Å². The van der Waals surface area contributed by atoms with Crippen LogP contribution in [0.25, 0.3) is 0 Å². The molecule has 0 aliphatic heterocycles. The minimum atomic E-state index is -2.44. The van der Waals surface area contributed by atoms with Crippen LogP contribution >= 0.6 is 0 Å². The molecule has 0 aromatic rings. The fourth-order valence-corrected chi connectivity index (χ4v) is 0.258. The molecular formula is C4H4O6Pt. The molecule has 0 heterocycles. The van der Waals surface area contributed by atoms with Gasteiger partial charge in [-0.05, 0) is 0 Å². The van der Waals surface area contributed by atoms with E-state index in [1.807, 2.05) is 0 Å². The molecule has 0 saturated carbocycles. The Kier molecular flexibility index (Phi) is 6.26. The summed E-state index contributed by atoms with van der Waals surface area (Å²) in [6, 6.07) is 0. The largest absolute Gasteiger partial charge is 2.00 e. The summed E-state index contributed by atoms with van der Waals surface area (Å²) in [6.07, 6.45) is -4.88. The second kappa shape index (κ2) is 5.23. The van der Waals surface area contributed by atoms with Crippen LogP contribution in [0.3, 0.4) is 0 Å². The first-order valence-electron chi connectivity index (χ1n) is 2.24. The fraction of sp³-hybridized carbons (Fsp3) is 0.500. The number of carbonyl (C=O) groups excluding carboxylic acids is 2. The van der Waals surface area contributed by atoms with Crippen LogP contribution in [-0.2, 0) is 30.7 Å². The van der Waals surface area contributed by atoms with Gasteiger partial charge in [0.1, 0.15) is 12.2 Å². The third kappa shape index (κ3) is 4.08. The Bertz CT molecular complexity index is 139. The van der Waals surface area contributed by atoms with E-state index in [1.54, 1.807) is 0 Å². The number of carboxylic acids is 2. The van der Waals surface area contributed by atoms with E-state index in [-0.39, 0.29) is 21.1 Å². The summed E-state index contributed by atoms with van der Waals surface area (Å²) >= 11 is 0. The van der Waals surface area contributed by atoms with Gasteiger partial charge in [-0.25, -0.2) is 0 Å². The second-order valence-electron chi connectivity index (χ2n) is 1.53. The monoisotopic (exact) mass is 343 g/mol. The molecule has 66 valence electrons. The van der Waals surface area contributed by atoms with Crippen molar-refractivity contribution in [1.29, 1.82) is 0 Å². The molecule has 0 amide bonds. The maximum atomic E-state index is 9.63. The molecular weight excluding hydrogens is 339 g/mol. The minimum absolute atomic E-state index is 0. The smallest absolute Gasteiger partial charge is 0.547 e. The third-order valence-electron chi connectivity index (χ3n) is 0.782. The van der Waals surface area contributed by atoms with Gasteiger partial charge in [0.2, 0.25) is 0 Å². The number of rotatable bonds is 3. The molecule has 6 nitrogen and oxygen atoms in total. The Labute approximate surface area is 75.7 Å². The third-order valence-corrected chi connectivity index (χ3v) is 0.782. The Morgan fingerprint density at radius 2 is 1.18 bits per heavy atom. The molecule has 0 aromatic heterocycles. The van der Waals surface area contributed by atoms with Gasteiger partial charge in [-0.2, -0.15) is 0 Å². The normalized spacial score (nSPS) is 14.4. The molecule has 0 saturated heterocycles. The molecule has 0 rings (SSSR count). The summed E-state index contributed by atoms with van der Waals surface area (Å²) in [4.78, 5) is 19.3. The van der Waals surface area contributed by atoms with Crippen LogP contribution in [0.1, 0.15) is 0 Å². The van der Waals surface area contributed by atoms with Crippen molar-refractivity contribution in [1.82, 2.24) is 0 Å². The van der Waals surface area contributed by atoms with Gasteiger partial charge in [-0.3, -0.25) is 0 Å². The average molecular weight is 343 g/mol. The van der Waals surface area contributed by atoms with Crippen LogP contribution in [0.4, 0.5) is 0 Å². The summed E-state index contributed by atoms with van der Waals surface area (Å²) in [5, 5.41) is 35.7. The van der Waals surface area contributed by atoms with Crippen LogP contribution in [0.15, 0.2) is 0 Å². The zero-order valence-corrected chi connectivity index (χ0v) is 7.27. The predicted octanol–water partition coefficient (Wildman–Crippen LogP) is -4.79. The Morgan fingerprint density at radius 1 is 1.00 bits per heavy atom. The van der Waals surface area contributed by atoms with Crippen molar-refractivity contribution in [2.75, 3.05) is 0 Å². The Morgan fingerprint density at radius 3 is 1.27 bits per heavy atom. The van der Waals surface area contributed by atoms with E-state index >= 15 is 0 Å². The number of aliphatic hydroxyl groups excluding tert-OH is 2. The predicted molar refractivity (Wildman–Crippen MR) is 22.0 cm³/mol. The number of aliphatic hydroxyl groups is 2. The van der Waals surface area contributed by atoms with E-state index in [2.05, 4.69) is 0 Å². The molecule has 7 heteroatoms. The first-order valence-corrected chi connectivity index (χ1v) is 2.24. The van der Waals surface area contributed by atoms with E-state index in [4.69, 9.17) is 10.2 Å². The summed E-state index contributed by atoms with van der Waals surface area (Å²) in [6.45, 7) is 0. The quantitative estimate of drug-likeness (QED) is 0.531. The van der Waals surface area contributed by atoms with Gasteiger partial charge >= 0.3 is 21.1 Å². The van der Waals surface area contributed by atoms with E-state index in [9.17, 15) is 19.8 Å². The maximum absolute atomic E-state index is 9.63. The molecule has 2 unspecified atom stereocenters. The summed E-state index contributed by atoms with van der Waals surface area (Å²) in [5.74, 6) is -4.12. The molecule has 0 spiro atoms. The Balaban J connectivity index is 0. The van der Waals surface area contributed by atoms with Gasteiger partial charge in [-0.1, -0.05) is 0 Å². The van der Waals surface area contributed by atoms with Crippen molar-refractivity contribution in [3.63, 3.8) is 0 Å². The van der Waals surface area contributed by atoms with Crippen LogP contribution in [-0.4, -0.2) is 34.4 Å². The van der Waals surface area contributed by atoms with Crippen molar-refractivity contribution in [2.45, 2.75) is 12.2 Å². The van der Waals surface area contributed by atoms with E-state index in [1.165, 1.54) is 0 Å². The Hall–Kier alpha value is -0.452. The van der Waals surface area contributed by atoms with Gasteiger partial charge in [0, 0.05) is 0 Å². The van der Waals surface area contributed by atoms with E-state index in [0.717, 1.165) is 0 Å². The summed E-state index contributed by atoms with van der Waals surface area (Å²) in [7, 11) is 0. The van der Waals surface area contributed by atoms with Crippen molar-refractivity contribution < 1.29 is 51.1 Å². The topological polar surface area (TPSA) is 121 Å². The van der Waals surface area contributed by atoms with Gasteiger partial charge in [0.25, 0.3) is 0 Å². The van der Waals surface area contributed by atoms with Gasteiger partial charge in [0.15, 0.2) is 0 Å². The van der Waals surface area contributed by atoms with E-state index < -0.39 is 24.1 Å². The fourth-order valence-electron chi connectivity index (χ4n) is 0.258. The molecule has 0 fully saturated rings. The zero-order valence-electron chi connectivity index (χ0n) is 5.00. The van der Waals surface area contributed by atoms with Crippen LogP contribution in [0.5, 0.6) is 0 Å². The van der Waals surface area contributed by atoms with E-state index in [0.29, 0.717) is 0 Å². The van der Waals surface area contributed by atoms with Gasteiger partial charge in [-0.15, -0.1) is 0 Å². The van der Waals surface area contributed by atoms with Crippen molar-refractivity contribution in [3.8, 4) is 0 Å². The maximum Gasteiger partial charge on any atom is 2.00 e. The number of hydrogen-bond acceptors (Lipinski definition) is 6. The average Bonchev–Trinajstić information content (AvgIpc) is 1.84. The number of hydrogen-bond donors (Lipinski definition) is 2. The van der Waals surface area contributed by atoms with Crippen molar-refractivity contribution in [2.24, 2.45) is 0 Å². The summed E-state index contributed by atoms with van der Waals surface area (Å²) < 4.78 is 0. The molecule has 0 aliphatic carbocycles.